The Morgan fingerprint density at radius 1 is 0.851 bits per heavy atom. The average molecular weight is 657 g/mol. The number of fused-ring (bicyclic) bond motifs is 7. The van der Waals surface area contributed by atoms with Crippen molar-refractivity contribution in [3.8, 4) is 17.2 Å². The Morgan fingerprint density at radius 3 is 2.09 bits per heavy atom. The van der Waals surface area contributed by atoms with E-state index < -0.39 is 75.1 Å². The van der Waals surface area contributed by atoms with E-state index in [1.54, 1.807) is 0 Å². The summed E-state index contributed by atoms with van der Waals surface area (Å²) in [5, 5.41) is 74.9. The van der Waals surface area contributed by atoms with Crippen LogP contribution in [0.4, 0.5) is 0 Å². The fourth-order valence-corrected chi connectivity index (χ4v) is 11.8. The molecule has 4 saturated carbocycles. The number of aromatic hydroxyl groups is 3. The number of ether oxygens (including phenoxy) is 1. The van der Waals surface area contributed by atoms with E-state index >= 15 is 0 Å². The number of aliphatic hydroxyl groups is 3. The van der Waals surface area contributed by atoms with Crippen LogP contribution in [0.3, 0.4) is 0 Å². The van der Waals surface area contributed by atoms with E-state index in [1.165, 1.54) is 0 Å². The molecule has 11 atom stereocenters. The summed E-state index contributed by atoms with van der Waals surface area (Å²) in [6, 6.07) is 2.00. The van der Waals surface area contributed by atoms with Gasteiger partial charge in [-0.15, -0.1) is 0 Å². The maximum atomic E-state index is 13.1. The minimum atomic E-state index is -1.17. The first kappa shape index (κ1) is 34.1. The molecule has 0 aromatic heterocycles. The second-order valence-electron chi connectivity index (χ2n) is 17.3. The van der Waals surface area contributed by atoms with Crippen molar-refractivity contribution in [2.24, 2.45) is 50.2 Å². The Balaban J connectivity index is 1.35. The lowest BCUT2D eigenvalue weighted by Gasteiger charge is -2.71. The van der Waals surface area contributed by atoms with Gasteiger partial charge in [-0.2, -0.15) is 0 Å². The van der Waals surface area contributed by atoms with Crippen LogP contribution in [0.15, 0.2) is 23.8 Å². The highest BCUT2D eigenvalue weighted by molar-refractivity contribution is 5.91. The van der Waals surface area contributed by atoms with Gasteiger partial charge in [0.25, 0.3) is 0 Å². The van der Waals surface area contributed by atoms with Crippen LogP contribution in [-0.2, 0) is 9.53 Å². The van der Waals surface area contributed by atoms with Crippen LogP contribution in [0.1, 0.15) is 103 Å². The highest BCUT2D eigenvalue weighted by atomic mass is 16.5. The third-order valence-corrected chi connectivity index (χ3v) is 14.8. The van der Waals surface area contributed by atoms with Crippen LogP contribution in [0.5, 0.6) is 17.2 Å². The normalized spacial score (nSPS) is 45.3. The molecule has 5 aliphatic rings. The lowest BCUT2D eigenvalue weighted by molar-refractivity contribution is -0.245. The van der Waals surface area contributed by atoms with E-state index in [0.29, 0.717) is 44.9 Å². The molecule has 260 valence electrons. The third-order valence-electron chi connectivity index (χ3n) is 14.8. The second-order valence-corrected chi connectivity index (χ2v) is 17.3. The summed E-state index contributed by atoms with van der Waals surface area (Å²) < 4.78 is 5.71. The number of hydrogen-bond donors (Lipinski definition) is 7. The van der Waals surface area contributed by atoms with Gasteiger partial charge >= 0.3 is 11.9 Å². The molecule has 0 heterocycles. The van der Waals surface area contributed by atoms with Crippen LogP contribution >= 0.6 is 0 Å². The van der Waals surface area contributed by atoms with Crippen LogP contribution in [0.2, 0.25) is 0 Å². The van der Waals surface area contributed by atoms with Crippen molar-refractivity contribution in [3.05, 3.63) is 29.3 Å². The zero-order valence-corrected chi connectivity index (χ0v) is 28.4. The smallest absolute Gasteiger partial charge is 0.338 e. The SMILES string of the molecule is CC1(C)CCC2(C(=O)O)CCC3(C)C(=CCC4C5(C)CC(O)C(O)C(C)(COC(=O)c6cc(O)c(O)c(O)c6)C5CCC43C)C2C1O. The monoisotopic (exact) mass is 656 g/mol. The van der Waals surface area contributed by atoms with Gasteiger partial charge in [-0.05, 0) is 97.0 Å². The molecule has 10 heteroatoms. The fraction of sp³-hybridized carbons (Fsp3) is 0.730. The van der Waals surface area contributed by atoms with Crippen molar-refractivity contribution < 1.29 is 50.1 Å². The topological polar surface area (TPSA) is 185 Å². The maximum Gasteiger partial charge on any atom is 0.338 e. The molecule has 1 aromatic rings. The molecule has 11 unspecified atom stereocenters. The predicted molar refractivity (Wildman–Crippen MR) is 172 cm³/mol. The molecular formula is C37H52O10. The number of carboxylic acids is 1. The van der Waals surface area contributed by atoms with Crippen molar-refractivity contribution in [2.45, 2.75) is 111 Å². The van der Waals surface area contributed by atoms with Crippen LogP contribution in [0.25, 0.3) is 0 Å². The van der Waals surface area contributed by atoms with Crippen LogP contribution in [0, 0.1) is 50.2 Å². The second kappa shape index (κ2) is 10.6. The summed E-state index contributed by atoms with van der Waals surface area (Å²) in [5.41, 5.74) is -2.66. The molecule has 47 heavy (non-hydrogen) atoms. The molecule has 0 spiro atoms. The maximum absolute atomic E-state index is 13.1. The van der Waals surface area contributed by atoms with Gasteiger partial charge in [0.15, 0.2) is 17.2 Å². The van der Waals surface area contributed by atoms with Crippen molar-refractivity contribution in [1.29, 1.82) is 0 Å². The summed E-state index contributed by atoms with van der Waals surface area (Å²) in [5.74, 6) is -4.29. The fourth-order valence-electron chi connectivity index (χ4n) is 11.8. The molecule has 6 rings (SSSR count). The van der Waals surface area contributed by atoms with Crippen molar-refractivity contribution in [1.82, 2.24) is 0 Å². The summed E-state index contributed by atoms with van der Waals surface area (Å²) in [4.78, 5) is 26.0. The zero-order chi connectivity index (χ0) is 34.7. The van der Waals surface area contributed by atoms with Gasteiger partial charge in [0.1, 0.15) is 0 Å². The quantitative estimate of drug-likeness (QED) is 0.130. The molecule has 0 amide bonds. The van der Waals surface area contributed by atoms with Gasteiger partial charge < -0.3 is 40.5 Å². The van der Waals surface area contributed by atoms with Crippen molar-refractivity contribution in [3.63, 3.8) is 0 Å². The number of phenolic OH excluding ortho intramolecular Hbond substituents is 3. The first-order valence-corrected chi connectivity index (χ1v) is 17.1. The Hall–Kier alpha value is -2.82. The number of esters is 1. The minimum Gasteiger partial charge on any atom is -0.504 e. The van der Waals surface area contributed by atoms with Gasteiger partial charge in [0.2, 0.25) is 0 Å². The standard InChI is InChI=1S/C37H52O10/c1-32(2)11-13-37(31(45)46)14-12-35(5)20(26(37)29(32)43)7-8-25-33(3)17-23(40)28(42)34(4,24(33)9-10-36(25,35)6)18-47-30(44)19-15-21(38)27(41)22(39)16-19/h7,15-16,23-26,28-29,38-43H,8-14,17-18H2,1-6H3,(H,45,46). The lowest BCUT2D eigenvalue weighted by atomic mass is 9.33. The van der Waals surface area contributed by atoms with Gasteiger partial charge in [0.05, 0.1) is 35.9 Å². The Bertz CT molecular complexity index is 1490. The number of hydrogen-bond acceptors (Lipinski definition) is 9. The van der Waals surface area contributed by atoms with E-state index in [1.807, 2.05) is 20.8 Å². The van der Waals surface area contributed by atoms with E-state index in [9.17, 15) is 45.3 Å². The van der Waals surface area contributed by atoms with E-state index in [4.69, 9.17) is 4.74 Å². The molecule has 0 aliphatic heterocycles. The minimum absolute atomic E-state index is 0.0664. The lowest BCUT2D eigenvalue weighted by Crippen LogP contribution is -2.69. The Morgan fingerprint density at radius 2 is 1.47 bits per heavy atom. The highest BCUT2D eigenvalue weighted by Gasteiger charge is 2.71. The van der Waals surface area contributed by atoms with Gasteiger partial charge in [0, 0.05) is 11.3 Å². The number of benzene rings is 1. The van der Waals surface area contributed by atoms with Gasteiger partial charge in [-0.25, -0.2) is 4.79 Å². The number of rotatable bonds is 4. The predicted octanol–water partition coefficient (Wildman–Crippen LogP) is 5.13. The van der Waals surface area contributed by atoms with E-state index in [0.717, 1.165) is 24.1 Å². The molecule has 0 radical (unpaired) electrons. The molecule has 0 saturated heterocycles. The largest absolute Gasteiger partial charge is 0.504 e. The molecular weight excluding hydrogens is 604 g/mol. The first-order valence-electron chi connectivity index (χ1n) is 17.1. The number of carbonyl (C=O) groups excluding carboxylic acids is 1. The number of allylic oxidation sites excluding steroid dienone is 1. The molecule has 7 N–H and O–H groups in total. The van der Waals surface area contributed by atoms with E-state index in [2.05, 4.69) is 26.8 Å². The number of aliphatic carboxylic acids is 1. The zero-order valence-electron chi connectivity index (χ0n) is 28.4. The summed E-state index contributed by atoms with van der Waals surface area (Å²) in [6.45, 7) is 12.4. The number of phenols is 3. The van der Waals surface area contributed by atoms with E-state index in [-0.39, 0.29) is 34.8 Å². The summed E-state index contributed by atoms with van der Waals surface area (Å²) in [7, 11) is 0. The van der Waals surface area contributed by atoms with Gasteiger partial charge in [-0.3, -0.25) is 4.79 Å². The molecule has 10 nitrogen and oxygen atoms in total. The number of carbonyl (C=O) groups is 2. The Kier molecular flexibility index (Phi) is 7.67. The first-order chi connectivity index (χ1) is 21.7. The highest BCUT2D eigenvalue weighted by Crippen LogP contribution is 2.75. The summed E-state index contributed by atoms with van der Waals surface area (Å²) in [6.07, 6.45) is 4.04. The Labute approximate surface area is 276 Å². The van der Waals surface area contributed by atoms with Crippen molar-refractivity contribution >= 4 is 11.9 Å². The third kappa shape index (κ3) is 4.46. The number of aliphatic hydroxyl groups excluding tert-OH is 3. The molecule has 4 fully saturated rings. The van der Waals surface area contributed by atoms with Crippen molar-refractivity contribution in [2.75, 3.05) is 6.61 Å². The number of carboxylic acid groups (broad SMARTS) is 1. The molecule has 5 aliphatic carbocycles. The summed E-state index contributed by atoms with van der Waals surface area (Å²) >= 11 is 0. The van der Waals surface area contributed by atoms with Crippen LogP contribution < -0.4 is 0 Å². The van der Waals surface area contributed by atoms with Crippen LogP contribution in [-0.4, -0.2) is 72.6 Å². The average Bonchev–Trinajstić information content (AvgIpc) is 2.99. The molecule has 1 aromatic carbocycles. The molecule has 0 bridgehead atoms. The van der Waals surface area contributed by atoms with Gasteiger partial charge in [-0.1, -0.05) is 53.2 Å².